The summed E-state index contributed by atoms with van der Waals surface area (Å²) in [7, 11) is 3.20. The predicted octanol–water partition coefficient (Wildman–Crippen LogP) is 1.70. The molecule has 1 rings (SSSR count). The lowest BCUT2D eigenvalue weighted by Gasteiger charge is -2.14. The molecule has 106 valence electrons. The number of aryl methyl sites for hydroxylation is 1. The first-order valence-electron chi connectivity index (χ1n) is 6.28. The number of benzene rings is 1. The summed E-state index contributed by atoms with van der Waals surface area (Å²) in [5.74, 6) is 0.419. The lowest BCUT2D eigenvalue weighted by atomic mass is 10.1. The molecule has 0 aliphatic heterocycles. The van der Waals surface area contributed by atoms with Crippen LogP contribution in [-0.2, 0) is 9.53 Å². The van der Waals surface area contributed by atoms with Crippen molar-refractivity contribution in [1.29, 1.82) is 0 Å². The van der Waals surface area contributed by atoms with E-state index in [1.165, 1.54) is 0 Å². The van der Waals surface area contributed by atoms with Gasteiger partial charge in [-0.2, -0.15) is 0 Å². The number of ether oxygens (including phenoxy) is 2. The molecule has 0 aliphatic carbocycles. The van der Waals surface area contributed by atoms with E-state index in [1.54, 1.807) is 14.2 Å². The van der Waals surface area contributed by atoms with E-state index in [9.17, 15) is 4.79 Å². The van der Waals surface area contributed by atoms with E-state index in [0.717, 1.165) is 12.0 Å². The van der Waals surface area contributed by atoms with Gasteiger partial charge in [0, 0.05) is 13.7 Å². The van der Waals surface area contributed by atoms with Crippen LogP contribution in [0.15, 0.2) is 18.2 Å². The van der Waals surface area contributed by atoms with Gasteiger partial charge >= 0.3 is 0 Å². The molecule has 0 heterocycles. The third kappa shape index (κ3) is 4.89. The maximum absolute atomic E-state index is 12.0. The highest BCUT2D eigenvalue weighted by Crippen LogP contribution is 2.25. The van der Waals surface area contributed by atoms with Crippen LogP contribution >= 0.6 is 0 Å². The minimum Gasteiger partial charge on any atom is -0.495 e. The molecule has 1 aromatic rings. The zero-order valence-corrected chi connectivity index (χ0v) is 11.7. The van der Waals surface area contributed by atoms with E-state index >= 15 is 0 Å². The number of carbonyl (C=O) groups excluding carboxylic acids is 1. The Bertz CT molecular complexity index is 421. The minimum absolute atomic E-state index is 0.208. The molecule has 0 spiro atoms. The van der Waals surface area contributed by atoms with Gasteiger partial charge < -0.3 is 20.5 Å². The highest BCUT2D eigenvalue weighted by Gasteiger charge is 2.15. The van der Waals surface area contributed by atoms with Crippen LogP contribution in [0.25, 0.3) is 0 Å². The van der Waals surface area contributed by atoms with Crippen LogP contribution in [0.4, 0.5) is 5.69 Å². The summed E-state index contributed by atoms with van der Waals surface area (Å²) >= 11 is 0. The van der Waals surface area contributed by atoms with Crippen molar-refractivity contribution in [3.05, 3.63) is 23.8 Å². The summed E-state index contributed by atoms with van der Waals surface area (Å²) < 4.78 is 10.1. The Hall–Kier alpha value is -1.59. The standard InChI is InChI=1S/C14H22N2O3/c1-10-6-7-13(19-3)12(9-10)16-14(17)11(15)5-4-8-18-2/h6-7,9,11H,4-5,8,15H2,1-3H3,(H,16,17). The van der Waals surface area contributed by atoms with Crippen molar-refractivity contribution in [3.63, 3.8) is 0 Å². The average molecular weight is 266 g/mol. The number of rotatable bonds is 7. The molecule has 1 aromatic carbocycles. The molecule has 0 bridgehead atoms. The lowest BCUT2D eigenvalue weighted by Crippen LogP contribution is -2.35. The molecule has 1 amide bonds. The molecule has 5 nitrogen and oxygen atoms in total. The third-order valence-corrected chi connectivity index (χ3v) is 2.81. The Morgan fingerprint density at radius 1 is 1.42 bits per heavy atom. The molecule has 0 fully saturated rings. The van der Waals surface area contributed by atoms with Crippen molar-refractivity contribution >= 4 is 11.6 Å². The van der Waals surface area contributed by atoms with E-state index < -0.39 is 6.04 Å². The summed E-state index contributed by atoms with van der Waals surface area (Å²) in [5.41, 5.74) is 7.52. The van der Waals surface area contributed by atoms with E-state index in [2.05, 4.69) is 5.32 Å². The van der Waals surface area contributed by atoms with Gasteiger partial charge in [0.05, 0.1) is 18.8 Å². The predicted molar refractivity (Wildman–Crippen MR) is 75.4 cm³/mol. The fourth-order valence-corrected chi connectivity index (χ4v) is 1.72. The summed E-state index contributed by atoms with van der Waals surface area (Å²) in [6.07, 6.45) is 1.35. The fraction of sp³-hybridized carbons (Fsp3) is 0.500. The molecule has 0 saturated heterocycles. The number of nitrogens with one attached hydrogen (secondary N) is 1. The highest BCUT2D eigenvalue weighted by molar-refractivity contribution is 5.96. The van der Waals surface area contributed by atoms with Gasteiger partial charge in [0.1, 0.15) is 5.75 Å². The molecule has 1 unspecified atom stereocenters. The van der Waals surface area contributed by atoms with E-state index in [-0.39, 0.29) is 5.91 Å². The summed E-state index contributed by atoms with van der Waals surface area (Å²) in [4.78, 5) is 12.0. The molecular weight excluding hydrogens is 244 g/mol. The number of amides is 1. The van der Waals surface area contributed by atoms with Crippen molar-refractivity contribution in [1.82, 2.24) is 0 Å². The second kappa shape index (κ2) is 7.76. The number of carbonyl (C=O) groups is 1. The number of methoxy groups -OCH3 is 2. The lowest BCUT2D eigenvalue weighted by molar-refractivity contribution is -0.117. The average Bonchev–Trinajstić information content (AvgIpc) is 2.39. The van der Waals surface area contributed by atoms with Crippen molar-refractivity contribution < 1.29 is 14.3 Å². The fourth-order valence-electron chi connectivity index (χ4n) is 1.72. The first-order chi connectivity index (χ1) is 9.08. The van der Waals surface area contributed by atoms with Crippen LogP contribution in [0.2, 0.25) is 0 Å². The van der Waals surface area contributed by atoms with Gasteiger partial charge in [-0.25, -0.2) is 0 Å². The van der Waals surface area contributed by atoms with Gasteiger partial charge in [-0.05, 0) is 37.5 Å². The SMILES string of the molecule is COCCCC(N)C(=O)Nc1cc(C)ccc1OC. The molecule has 5 heteroatoms. The van der Waals surface area contributed by atoms with E-state index in [1.807, 2.05) is 25.1 Å². The molecule has 0 radical (unpaired) electrons. The van der Waals surface area contributed by atoms with Crippen molar-refractivity contribution in [2.24, 2.45) is 5.73 Å². The second-order valence-electron chi connectivity index (χ2n) is 4.43. The Morgan fingerprint density at radius 2 is 2.16 bits per heavy atom. The van der Waals surface area contributed by atoms with Gasteiger partial charge in [0.25, 0.3) is 0 Å². The van der Waals surface area contributed by atoms with Crippen molar-refractivity contribution in [3.8, 4) is 5.75 Å². The Morgan fingerprint density at radius 3 is 2.79 bits per heavy atom. The largest absolute Gasteiger partial charge is 0.495 e. The minimum atomic E-state index is -0.541. The van der Waals surface area contributed by atoms with Crippen molar-refractivity contribution in [2.75, 3.05) is 26.1 Å². The van der Waals surface area contributed by atoms with Crippen LogP contribution in [0.3, 0.4) is 0 Å². The second-order valence-corrected chi connectivity index (χ2v) is 4.43. The Balaban J connectivity index is 2.63. The maximum Gasteiger partial charge on any atom is 0.241 e. The smallest absolute Gasteiger partial charge is 0.241 e. The molecule has 0 aromatic heterocycles. The third-order valence-electron chi connectivity index (χ3n) is 2.81. The van der Waals surface area contributed by atoms with Gasteiger partial charge in [-0.3, -0.25) is 4.79 Å². The van der Waals surface area contributed by atoms with Crippen LogP contribution in [0.5, 0.6) is 5.75 Å². The number of hydrogen-bond acceptors (Lipinski definition) is 4. The maximum atomic E-state index is 12.0. The number of nitrogens with two attached hydrogens (primary N) is 1. The van der Waals surface area contributed by atoms with Crippen molar-refractivity contribution in [2.45, 2.75) is 25.8 Å². The molecule has 0 saturated carbocycles. The zero-order chi connectivity index (χ0) is 14.3. The number of hydrogen-bond donors (Lipinski definition) is 2. The van der Waals surface area contributed by atoms with Crippen LogP contribution in [0.1, 0.15) is 18.4 Å². The normalized spacial score (nSPS) is 12.0. The molecule has 3 N–H and O–H groups in total. The summed E-state index contributed by atoms with van der Waals surface area (Å²) in [6.45, 7) is 2.56. The first-order valence-corrected chi connectivity index (χ1v) is 6.28. The molecule has 1 atom stereocenters. The molecule has 0 aliphatic rings. The monoisotopic (exact) mass is 266 g/mol. The zero-order valence-electron chi connectivity index (χ0n) is 11.7. The molecular formula is C14H22N2O3. The summed E-state index contributed by atoms with van der Waals surface area (Å²) in [6, 6.07) is 5.06. The quantitative estimate of drug-likeness (QED) is 0.737. The number of anilines is 1. The van der Waals surface area contributed by atoms with Crippen LogP contribution in [0, 0.1) is 6.92 Å². The van der Waals surface area contributed by atoms with Gasteiger partial charge in [0.15, 0.2) is 0 Å². The Kier molecular flexibility index (Phi) is 6.32. The summed E-state index contributed by atoms with van der Waals surface area (Å²) in [5, 5.41) is 2.80. The molecule has 19 heavy (non-hydrogen) atoms. The highest BCUT2D eigenvalue weighted by atomic mass is 16.5. The van der Waals surface area contributed by atoms with E-state index in [4.69, 9.17) is 15.2 Å². The van der Waals surface area contributed by atoms with Crippen LogP contribution in [-0.4, -0.2) is 32.8 Å². The van der Waals surface area contributed by atoms with Crippen LogP contribution < -0.4 is 15.8 Å². The first kappa shape index (κ1) is 15.5. The Labute approximate surface area is 114 Å². The van der Waals surface area contributed by atoms with E-state index in [0.29, 0.717) is 24.5 Å². The van der Waals surface area contributed by atoms with Gasteiger partial charge in [-0.15, -0.1) is 0 Å². The van der Waals surface area contributed by atoms with Gasteiger partial charge in [-0.1, -0.05) is 6.07 Å². The topological polar surface area (TPSA) is 73.6 Å². The van der Waals surface area contributed by atoms with Gasteiger partial charge in [0.2, 0.25) is 5.91 Å².